The van der Waals surface area contributed by atoms with Crippen molar-refractivity contribution in [1.29, 1.82) is 0 Å². The number of anilines is 3. The summed E-state index contributed by atoms with van der Waals surface area (Å²) in [5.74, 6) is 0.918. The summed E-state index contributed by atoms with van der Waals surface area (Å²) in [6.45, 7) is 5.13. The van der Waals surface area contributed by atoms with Crippen molar-refractivity contribution in [3.05, 3.63) is 65.6 Å². The molecule has 2 N–H and O–H groups in total. The first-order chi connectivity index (χ1) is 17.1. The van der Waals surface area contributed by atoms with Crippen molar-refractivity contribution in [2.24, 2.45) is 0 Å². The Labute approximate surface area is 201 Å². The third-order valence-corrected chi connectivity index (χ3v) is 6.51. The van der Waals surface area contributed by atoms with E-state index in [1.165, 1.54) is 17.7 Å². The van der Waals surface area contributed by atoms with Gasteiger partial charge in [0.2, 0.25) is 0 Å². The zero-order valence-electron chi connectivity index (χ0n) is 19.4. The lowest BCUT2D eigenvalue weighted by Crippen LogP contribution is -2.44. The molecule has 4 aromatic rings. The molecule has 0 atom stereocenters. The van der Waals surface area contributed by atoms with Crippen LogP contribution in [0.5, 0.6) is 0 Å². The molecule has 1 saturated carbocycles. The minimum absolute atomic E-state index is 0.237. The largest absolute Gasteiger partial charge is 0.353 e. The Morgan fingerprint density at radius 3 is 2.54 bits per heavy atom. The average Bonchev–Trinajstić information content (AvgIpc) is 3.71. The molecular weight excluding hydrogens is 448 g/mol. The summed E-state index contributed by atoms with van der Waals surface area (Å²) < 4.78 is 28.8. The van der Waals surface area contributed by atoms with E-state index in [1.54, 1.807) is 31.5 Å². The molecule has 0 bridgehead atoms. The Hall–Kier alpha value is -3.72. The van der Waals surface area contributed by atoms with E-state index in [4.69, 9.17) is 9.97 Å². The molecule has 35 heavy (non-hydrogen) atoms. The Morgan fingerprint density at radius 1 is 1.03 bits per heavy atom. The van der Waals surface area contributed by atoms with Crippen molar-refractivity contribution in [3.63, 3.8) is 0 Å². The monoisotopic (exact) mass is 473 g/mol. The molecule has 6 rings (SSSR count). The Kier molecular flexibility index (Phi) is 5.49. The van der Waals surface area contributed by atoms with E-state index < -0.39 is 11.6 Å². The smallest absolute Gasteiger partial charge is 0.162 e. The van der Waals surface area contributed by atoms with Gasteiger partial charge in [0.05, 0.1) is 11.7 Å². The summed E-state index contributed by atoms with van der Waals surface area (Å²) >= 11 is 0. The van der Waals surface area contributed by atoms with E-state index in [0.29, 0.717) is 28.7 Å². The second-order valence-corrected chi connectivity index (χ2v) is 9.16. The lowest BCUT2D eigenvalue weighted by atomic mass is 10.1. The van der Waals surface area contributed by atoms with E-state index >= 15 is 0 Å². The molecular formula is C26H25F2N7. The maximum absolute atomic E-state index is 14.4. The van der Waals surface area contributed by atoms with Gasteiger partial charge in [-0.15, -0.1) is 0 Å². The summed E-state index contributed by atoms with van der Waals surface area (Å²) in [5, 5.41) is 7.25. The molecule has 0 spiro atoms. The van der Waals surface area contributed by atoms with Crippen LogP contribution >= 0.6 is 0 Å². The summed E-state index contributed by atoms with van der Waals surface area (Å²) in [6.07, 6.45) is 7.64. The number of nitrogens with zero attached hydrogens (tertiary/aromatic N) is 5. The fourth-order valence-electron chi connectivity index (χ4n) is 4.61. The molecule has 1 saturated heterocycles. The van der Waals surface area contributed by atoms with Crippen LogP contribution in [0, 0.1) is 18.6 Å². The lowest BCUT2D eigenvalue weighted by Gasteiger charge is -2.30. The third kappa shape index (κ3) is 4.27. The van der Waals surface area contributed by atoms with Crippen molar-refractivity contribution in [2.75, 3.05) is 36.4 Å². The van der Waals surface area contributed by atoms with Gasteiger partial charge in [-0.1, -0.05) is 0 Å². The number of aromatic nitrogens is 4. The number of hydrogen-bond acceptors (Lipinski definition) is 7. The number of fused-ring (bicyclic) bond motifs is 1. The van der Waals surface area contributed by atoms with Crippen molar-refractivity contribution in [2.45, 2.75) is 25.7 Å². The van der Waals surface area contributed by atoms with Gasteiger partial charge >= 0.3 is 0 Å². The number of rotatable bonds is 5. The first kappa shape index (κ1) is 21.8. The molecule has 0 amide bonds. The van der Waals surface area contributed by atoms with Gasteiger partial charge in [0.15, 0.2) is 5.82 Å². The second kappa shape index (κ2) is 8.81. The summed E-state index contributed by atoms with van der Waals surface area (Å²) in [7, 11) is 0. The molecule has 1 aliphatic heterocycles. The number of nitrogens with one attached hydrogen (secondary N) is 2. The normalized spacial score (nSPS) is 16.0. The number of pyridine rings is 2. The highest BCUT2D eigenvalue weighted by molar-refractivity contribution is 5.94. The van der Waals surface area contributed by atoms with Gasteiger partial charge in [0.25, 0.3) is 0 Å². The molecule has 1 aliphatic carbocycles. The van der Waals surface area contributed by atoms with E-state index in [0.717, 1.165) is 55.7 Å². The van der Waals surface area contributed by atoms with E-state index in [2.05, 4.69) is 25.5 Å². The van der Waals surface area contributed by atoms with Crippen molar-refractivity contribution in [3.8, 4) is 11.4 Å². The highest BCUT2D eigenvalue weighted by Crippen LogP contribution is 2.44. The van der Waals surface area contributed by atoms with Gasteiger partial charge in [0, 0.05) is 49.5 Å². The minimum Gasteiger partial charge on any atom is -0.353 e. The molecule has 2 fully saturated rings. The average molecular weight is 474 g/mol. The number of benzene rings is 1. The van der Waals surface area contributed by atoms with Crippen LogP contribution in [-0.4, -0.2) is 46.1 Å². The lowest BCUT2D eigenvalue weighted by molar-refractivity contribution is 0.586. The standard InChI is InChI=1S/C26H25F2N7/c1-15-10-19(27)24(20(28)11-15)33-22-12-17(4-5-31-22)25-32-21-14-30-13-18(16-2-3-16)23(21)26(34-25)35-8-6-29-7-9-35/h4-5,10-14,16,29H,2-3,6-9H2,1H3,(H,31,33). The first-order valence-electron chi connectivity index (χ1n) is 11.9. The summed E-state index contributed by atoms with van der Waals surface area (Å²) in [4.78, 5) is 20.9. The Balaban J connectivity index is 1.43. The van der Waals surface area contributed by atoms with Gasteiger partial charge < -0.3 is 15.5 Å². The molecule has 0 unspecified atom stereocenters. The second-order valence-electron chi connectivity index (χ2n) is 9.16. The van der Waals surface area contributed by atoms with Gasteiger partial charge in [-0.2, -0.15) is 0 Å². The third-order valence-electron chi connectivity index (χ3n) is 6.51. The van der Waals surface area contributed by atoms with Crippen LogP contribution in [0.15, 0.2) is 42.9 Å². The predicted octanol–water partition coefficient (Wildman–Crippen LogP) is 4.70. The fraction of sp³-hybridized carbons (Fsp3) is 0.308. The molecule has 9 heteroatoms. The zero-order chi connectivity index (χ0) is 23.9. The molecule has 178 valence electrons. The molecule has 7 nitrogen and oxygen atoms in total. The highest BCUT2D eigenvalue weighted by Gasteiger charge is 2.29. The molecule has 0 radical (unpaired) electrons. The maximum atomic E-state index is 14.4. The van der Waals surface area contributed by atoms with Crippen LogP contribution in [-0.2, 0) is 0 Å². The molecule has 1 aromatic carbocycles. The van der Waals surface area contributed by atoms with Crippen molar-refractivity contribution >= 4 is 28.2 Å². The van der Waals surface area contributed by atoms with Crippen LogP contribution in [0.3, 0.4) is 0 Å². The Bertz CT molecular complexity index is 1390. The summed E-state index contributed by atoms with van der Waals surface area (Å²) in [6, 6.07) is 6.07. The first-order valence-corrected chi connectivity index (χ1v) is 11.9. The van der Waals surface area contributed by atoms with Crippen molar-refractivity contribution < 1.29 is 8.78 Å². The van der Waals surface area contributed by atoms with E-state index in [9.17, 15) is 8.78 Å². The van der Waals surface area contributed by atoms with Gasteiger partial charge in [-0.05, 0) is 61.1 Å². The quantitative estimate of drug-likeness (QED) is 0.435. The maximum Gasteiger partial charge on any atom is 0.162 e. The van der Waals surface area contributed by atoms with Gasteiger partial charge in [-0.3, -0.25) is 4.98 Å². The molecule has 4 heterocycles. The minimum atomic E-state index is -0.670. The van der Waals surface area contributed by atoms with Gasteiger partial charge in [-0.25, -0.2) is 23.7 Å². The Morgan fingerprint density at radius 2 is 1.80 bits per heavy atom. The predicted molar refractivity (Wildman–Crippen MR) is 132 cm³/mol. The molecule has 3 aromatic heterocycles. The van der Waals surface area contributed by atoms with Gasteiger partial charge in [0.1, 0.15) is 29.0 Å². The zero-order valence-corrected chi connectivity index (χ0v) is 19.4. The topological polar surface area (TPSA) is 78.9 Å². The number of halogens is 2. The number of hydrogen-bond donors (Lipinski definition) is 2. The van der Waals surface area contributed by atoms with Crippen LogP contribution in [0.1, 0.15) is 29.9 Å². The number of piperazine rings is 1. The number of aryl methyl sites for hydroxylation is 1. The van der Waals surface area contributed by atoms with Crippen LogP contribution in [0.4, 0.5) is 26.1 Å². The summed E-state index contributed by atoms with van der Waals surface area (Å²) in [5.41, 5.74) is 2.99. The van der Waals surface area contributed by atoms with Crippen LogP contribution < -0.4 is 15.5 Å². The van der Waals surface area contributed by atoms with E-state index in [-0.39, 0.29) is 5.69 Å². The van der Waals surface area contributed by atoms with Crippen molar-refractivity contribution in [1.82, 2.24) is 25.3 Å². The highest BCUT2D eigenvalue weighted by atomic mass is 19.1. The van der Waals surface area contributed by atoms with Crippen LogP contribution in [0.2, 0.25) is 0 Å². The molecule has 2 aliphatic rings. The van der Waals surface area contributed by atoms with Crippen LogP contribution in [0.25, 0.3) is 22.3 Å². The van der Waals surface area contributed by atoms with E-state index in [1.807, 2.05) is 6.20 Å². The SMILES string of the molecule is Cc1cc(F)c(Nc2cc(-c3nc(N4CCNCC4)c4c(C5CC5)cncc4n3)ccn2)c(F)c1. The fourth-order valence-corrected chi connectivity index (χ4v) is 4.61.